The molecule has 0 heterocycles. The Bertz CT molecular complexity index is 680. The van der Waals surface area contributed by atoms with Gasteiger partial charge in [-0.15, -0.1) is 0 Å². The number of phenols is 3. The Morgan fingerprint density at radius 1 is 0.958 bits per heavy atom. The first-order valence-corrected chi connectivity index (χ1v) is 7.33. The Morgan fingerprint density at radius 2 is 1.58 bits per heavy atom. The molecule has 130 valence electrons. The lowest BCUT2D eigenvalue weighted by Gasteiger charge is -2.15. The molecule has 0 saturated heterocycles. The number of aliphatic hydroxyl groups is 1. The summed E-state index contributed by atoms with van der Waals surface area (Å²) < 4.78 is 10.4. The van der Waals surface area contributed by atoms with Crippen LogP contribution in [0.1, 0.15) is 17.4 Å². The van der Waals surface area contributed by atoms with E-state index in [4.69, 9.17) is 9.47 Å². The number of ether oxygens (including phenoxy) is 2. The quantitative estimate of drug-likeness (QED) is 0.386. The van der Waals surface area contributed by atoms with E-state index in [1.807, 2.05) is 12.1 Å². The van der Waals surface area contributed by atoms with E-state index < -0.39 is 23.5 Å². The van der Waals surface area contributed by atoms with Crippen LogP contribution in [0.15, 0.2) is 30.3 Å². The number of rotatable bonds is 7. The molecule has 0 aliphatic carbocycles. The van der Waals surface area contributed by atoms with Gasteiger partial charge < -0.3 is 29.9 Å². The van der Waals surface area contributed by atoms with E-state index >= 15 is 0 Å². The smallest absolute Gasteiger partial charge is 0.200 e. The van der Waals surface area contributed by atoms with Gasteiger partial charge in [0.2, 0.25) is 0 Å². The highest BCUT2D eigenvalue weighted by Gasteiger charge is 2.14. The molecule has 0 aromatic heterocycles. The fraction of sp³-hybridized carbons (Fsp3) is 0.294. The zero-order chi connectivity index (χ0) is 17.7. The molecule has 0 amide bonds. The Kier molecular flexibility index (Phi) is 5.73. The predicted octanol–water partition coefficient (Wildman–Crippen LogP) is 1.64. The maximum absolute atomic E-state index is 10.1. The van der Waals surface area contributed by atoms with E-state index in [9.17, 15) is 20.4 Å². The van der Waals surface area contributed by atoms with Gasteiger partial charge in [-0.1, -0.05) is 6.07 Å². The number of hydrogen-bond acceptors (Lipinski definition) is 7. The van der Waals surface area contributed by atoms with Crippen molar-refractivity contribution >= 4 is 0 Å². The molecule has 5 N–H and O–H groups in total. The number of aliphatic hydroxyl groups excluding tert-OH is 1. The first-order chi connectivity index (χ1) is 11.5. The monoisotopic (exact) mass is 335 g/mol. The first-order valence-electron chi connectivity index (χ1n) is 7.33. The summed E-state index contributed by atoms with van der Waals surface area (Å²) >= 11 is 0. The van der Waals surface area contributed by atoms with Crippen LogP contribution in [0.5, 0.6) is 28.7 Å². The lowest BCUT2D eigenvalue weighted by Crippen LogP contribution is -2.23. The van der Waals surface area contributed by atoms with Gasteiger partial charge in [-0.25, -0.2) is 0 Å². The van der Waals surface area contributed by atoms with Crippen LogP contribution >= 0.6 is 0 Å². The molecule has 0 aliphatic heterocycles. The van der Waals surface area contributed by atoms with Crippen LogP contribution in [0.3, 0.4) is 0 Å². The number of phenolic OH excluding ortho intramolecular Hbond substituents is 3. The molecule has 0 fully saturated rings. The Morgan fingerprint density at radius 3 is 2.17 bits per heavy atom. The fourth-order valence-electron chi connectivity index (χ4n) is 2.29. The van der Waals surface area contributed by atoms with E-state index in [0.717, 1.165) is 5.56 Å². The van der Waals surface area contributed by atoms with Crippen molar-refractivity contribution in [3.63, 3.8) is 0 Å². The van der Waals surface area contributed by atoms with Crippen LogP contribution in [-0.2, 0) is 6.42 Å². The minimum absolute atomic E-state index is 0.245. The summed E-state index contributed by atoms with van der Waals surface area (Å²) in [5.74, 6) is -0.332. The summed E-state index contributed by atoms with van der Waals surface area (Å²) in [6.45, 7) is 0.444. The molecule has 0 spiro atoms. The van der Waals surface area contributed by atoms with Gasteiger partial charge in [-0.2, -0.15) is 0 Å². The summed E-state index contributed by atoms with van der Waals surface area (Å²) in [6, 6.07) is 7.92. The maximum Gasteiger partial charge on any atom is 0.200 e. The Balaban J connectivity index is 1.96. The number of nitrogens with one attached hydrogen (secondary N) is 1. The van der Waals surface area contributed by atoms with Gasteiger partial charge in [-0.3, -0.25) is 5.32 Å². The first kappa shape index (κ1) is 17.7. The molecule has 0 aliphatic rings. The standard InChI is InChI=1S/C17H21NO6/c1-23-14-4-3-10(7-15(14)24-2)5-6-18-17(22)11-8-12(19)16(21)13(20)9-11/h3-4,7-9,17-22H,5-6H2,1-2H3/t17-/m1/s1. The van der Waals surface area contributed by atoms with Gasteiger partial charge in [0.15, 0.2) is 28.7 Å². The minimum atomic E-state index is -1.09. The van der Waals surface area contributed by atoms with Gasteiger partial charge in [-0.05, 0) is 36.2 Å². The molecule has 2 aromatic rings. The average Bonchev–Trinajstić information content (AvgIpc) is 2.58. The maximum atomic E-state index is 10.1. The summed E-state index contributed by atoms with van der Waals surface area (Å²) in [5.41, 5.74) is 1.24. The second-order valence-corrected chi connectivity index (χ2v) is 5.20. The topological polar surface area (TPSA) is 111 Å². The van der Waals surface area contributed by atoms with Crippen LogP contribution in [0.25, 0.3) is 0 Å². The second kappa shape index (κ2) is 7.76. The van der Waals surface area contributed by atoms with E-state index in [1.165, 1.54) is 12.1 Å². The van der Waals surface area contributed by atoms with Crippen molar-refractivity contribution in [2.45, 2.75) is 12.6 Å². The number of aromatic hydroxyl groups is 3. The highest BCUT2D eigenvalue weighted by molar-refractivity contribution is 5.51. The van der Waals surface area contributed by atoms with Gasteiger partial charge >= 0.3 is 0 Å². The molecule has 7 heteroatoms. The Hall–Kier alpha value is -2.64. The molecule has 2 rings (SSSR count). The zero-order valence-corrected chi connectivity index (χ0v) is 13.5. The minimum Gasteiger partial charge on any atom is -0.504 e. The second-order valence-electron chi connectivity index (χ2n) is 5.20. The molecule has 2 aromatic carbocycles. The van der Waals surface area contributed by atoms with Gasteiger partial charge in [0.25, 0.3) is 0 Å². The van der Waals surface area contributed by atoms with Crippen molar-refractivity contribution < 1.29 is 29.9 Å². The molecule has 24 heavy (non-hydrogen) atoms. The summed E-state index contributed by atoms with van der Waals surface area (Å²) in [7, 11) is 3.13. The third-order valence-corrected chi connectivity index (χ3v) is 3.61. The van der Waals surface area contributed by atoms with Gasteiger partial charge in [0, 0.05) is 12.1 Å². The van der Waals surface area contributed by atoms with Crippen LogP contribution in [-0.4, -0.2) is 41.2 Å². The van der Waals surface area contributed by atoms with Crippen LogP contribution in [0.4, 0.5) is 0 Å². The average molecular weight is 335 g/mol. The zero-order valence-electron chi connectivity index (χ0n) is 13.5. The molecular formula is C17H21NO6. The lowest BCUT2D eigenvalue weighted by atomic mass is 10.1. The van der Waals surface area contributed by atoms with E-state index in [1.54, 1.807) is 20.3 Å². The largest absolute Gasteiger partial charge is 0.504 e. The third-order valence-electron chi connectivity index (χ3n) is 3.61. The number of hydrogen-bond donors (Lipinski definition) is 5. The van der Waals surface area contributed by atoms with Crippen LogP contribution in [0, 0.1) is 0 Å². The number of methoxy groups -OCH3 is 2. The van der Waals surface area contributed by atoms with Crippen molar-refractivity contribution in [2.75, 3.05) is 20.8 Å². The molecule has 7 nitrogen and oxygen atoms in total. The summed E-state index contributed by atoms with van der Waals surface area (Å²) in [5, 5.41) is 41.2. The lowest BCUT2D eigenvalue weighted by molar-refractivity contribution is 0.139. The SMILES string of the molecule is COc1ccc(CCN[C@H](O)c2cc(O)c(O)c(O)c2)cc1OC. The molecular weight excluding hydrogens is 314 g/mol. The van der Waals surface area contributed by atoms with Crippen LogP contribution in [0.2, 0.25) is 0 Å². The fourth-order valence-corrected chi connectivity index (χ4v) is 2.29. The molecule has 0 unspecified atom stereocenters. The number of benzene rings is 2. The van der Waals surface area contributed by atoms with Crippen molar-refractivity contribution in [3.8, 4) is 28.7 Å². The normalized spacial score (nSPS) is 12.0. The van der Waals surface area contributed by atoms with E-state index in [2.05, 4.69) is 5.32 Å². The highest BCUT2D eigenvalue weighted by Crippen LogP contribution is 2.36. The molecule has 0 bridgehead atoms. The Labute approximate surface area is 139 Å². The molecule has 0 radical (unpaired) electrons. The molecule has 0 saturated carbocycles. The predicted molar refractivity (Wildman–Crippen MR) is 87.6 cm³/mol. The molecule has 1 atom stereocenters. The van der Waals surface area contributed by atoms with Crippen molar-refractivity contribution in [2.24, 2.45) is 0 Å². The van der Waals surface area contributed by atoms with Gasteiger partial charge in [0.1, 0.15) is 6.23 Å². The van der Waals surface area contributed by atoms with Gasteiger partial charge in [0.05, 0.1) is 14.2 Å². The van der Waals surface area contributed by atoms with Crippen LogP contribution < -0.4 is 14.8 Å². The third kappa shape index (κ3) is 4.01. The summed E-state index contributed by atoms with van der Waals surface area (Å²) in [6.07, 6.45) is -0.476. The van der Waals surface area contributed by atoms with E-state index in [-0.39, 0.29) is 5.56 Å². The van der Waals surface area contributed by atoms with Crippen molar-refractivity contribution in [1.29, 1.82) is 0 Å². The van der Waals surface area contributed by atoms with Crippen molar-refractivity contribution in [3.05, 3.63) is 41.5 Å². The van der Waals surface area contributed by atoms with Crippen molar-refractivity contribution in [1.82, 2.24) is 5.32 Å². The van der Waals surface area contributed by atoms with E-state index in [0.29, 0.717) is 24.5 Å². The summed E-state index contributed by atoms with van der Waals surface area (Å²) in [4.78, 5) is 0. The highest BCUT2D eigenvalue weighted by atomic mass is 16.5.